The first-order chi connectivity index (χ1) is 15.0. The Kier molecular flexibility index (Phi) is 16.2. The number of allylic oxidation sites excluding steroid dienone is 6. The molecule has 0 spiro atoms. The van der Waals surface area contributed by atoms with Gasteiger partial charge in [-0.2, -0.15) is 0 Å². The van der Waals surface area contributed by atoms with Crippen LogP contribution < -0.4 is 0 Å². The molecule has 0 rings (SSSR count). The topological polar surface area (TPSA) is 29.5 Å². The van der Waals surface area contributed by atoms with Crippen LogP contribution in [0.15, 0.2) is 46.6 Å². The first kappa shape index (κ1) is 31.1. The Bertz CT molecular complexity index is 610. The Morgan fingerprint density at radius 1 is 0.688 bits per heavy atom. The van der Waals surface area contributed by atoms with Crippen molar-refractivity contribution in [2.45, 2.75) is 124 Å². The zero-order valence-electron chi connectivity index (χ0n) is 23.1. The van der Waals surface area contributed by atoms with Crippen LogP contribution in [-0.2, 0) is 4.43 Å². The van der Waals surface area contributed by atoms with Crippen molar-refractivity contribution < 1.29 is 9.53 Å². The van der Waals surface area contributed by atoms with E-state index >= 15 is 0 Å². The number of hydrogen-bond donors (Lipinski definition) is 1. The van der Waals surface area contributed by atoms with Gasteiger partial charge in [-0.15, -0.1) is 0 Å². The molecule has 0 aromatic rings. The maximum atomic E-state index is 9.12. The Hall–Kier alpha value is -0.903. The van der Waals surface area contributed by atoms with Crippen LogP contribution in [-0.4, -0.2) is 26.6 Å². The third-order valence-corrected chi connectivity index (χ3v) is 12.7. The Morgan fingerprint density at radius 3 is 1.62 bits per heavy atom. The van der Waals surface area contributed by atoms with Crippen molar-refractivity contribution in [3.63, 3.8) is 0 Å². The van der Waals surface area contributed by atoms with Gasteiger partial charge < -0.3 is 9.53 Å². The summed E-state index contributed by atoms with van der Waals surface area (Å²) in [6.45, 7) is 23.8. The molecule has 0 aliphatic heterocycles. The molecule has 2 nitrogen and oxygen atoms in total. The normalized spacial score (nSPS) is 14.1. The van der Waals surface area contributed by atoms with E-state index in [2.05, 4.69) is 87.5 Å². The molecule has 0 aliphatic carbocycles. The van der Waals surface area contributed by atoms with Crippen LogP contribution in [0.1, 0.15) is 108 Å². The second-order valence-corrected chi connectivity index (χ2v) is 16.1. The highest BCUT2D eigenvalue weighted by molar-refractivity contribution is 6.77. The summed E-state index contributed by atoms with van der Waals surface area (Å²) < 4.78 is 6.92. The summed E-state index contributed by atoms with van der Waals surface area (Å²) in [5.41, 5.74) is 7.41. The monoisotopic (exact) mass is 462 g/mol. The van der Waals surface area contributed by atoms with Crippen molar-refractivity contribution in [3.8, 4) is 0 Å². The second kappa shape index (κ2) is 16.7. The van der Waals surface area contributed by atoms with E-state index in [0.717, 1.165) is 45.1 Å². The minimum absolute atomic E-state index is 0.133. The van der Waals surface area contributed by atoms with Crippen molar-refractivity contribution in [2.75, 3.05) is 13.2 Å². The molecular weight excluding hydrogens is 408 g/mol. The van der Waals surface area contributed by atoms with Crippen molar-refractivity contribution in [3.05, 3.63) is 46.6 Å². The summed E-state index contributed by atoms with van der Waals surface area (Å²) in [5, 5.41) is 9.12. The van der Waals surface area contributed by atoms with Gasteiger partial charge in [0, 0.05) is 0 Å². The minimum atomic E-state index is -1.86. The lowest BCUT2D eigenvalue weighted by atomic mass is 10.0. The SMILES string of the molecule is CC(C)=CCC/C(C)=C/CC/C(=C/CC/C(C)=C/CO)CO[Si](C(C)C)(C(C)C)C(C)C. The van der Waals surface area contributed by atoms with Crippen LogP contribution in [0.25, 0.3) is 0 Å². The van der Waals surface area contributed by atoms with Gasteiger partial charge in [0.2, 0.25) is 8.32 Å². The first-order valence-electron chi connectivity index (χ1n) is 12.8. The molecule has 0 saturated heterocycles. The third kappa shape index (κ3) is 11.8. The van der Waals surface area contributed by atoms with Crippen molar-refractivity contribution >= 4 is 8.32 Å². The van der Waals surface area contributed by atoms with Gasteiger partial charge in [0.15, 0.2) is 0 Å². The standard InChI is InChI=1S/C29H54O2Si/c1-23(2)14-11-15-27(9)16-12-18-29(19-13-17-28(10)20-21-30)22-31-32(24(3)4,25(5)6)26(7)8/h14,16,19-20,24-26,30H,11-13,15,17-18,21-22H2,1-10H3/b27-16+,28-20+,29-19-. The van der Waals surface area contributed by atoms with Gasteiger partial charge in [-0.3, -0.25) is 0 Å². The lowest BCUT2D eigenvalue weighted by Crippen LogP contribution is -2.48. The average Bonchev–Trinajstić information content (AvgIpc) is 2.67. The van der Waals surface area contributed by atoms with Gasteiger partial charge in [0.1, 0.15) is 0 Å². The lowest BCUT2D eigenvalue weighted by Gasteiger charge is -2.42. The van der Waals surface area contributed by atoms with Gasteiger partial charge in [-0.1, -0.05) is 82.6 Å². The molecule has 0 fully saturated rings. The van der Waals surface area contributed by atoms with E-state index in [0.29, 0.717) is 16.6 Å². The second-order valence-electron chi connectivity index (χ2n) is 10.6. The molecular formula is C29H54O2Si. The zero-order chi connectivity index (χ0) is 24.7. The molecule has 1 N–H and O–H groups in total. The molecule has 0 unspecified atom stereocenters. The Balaban J connectivity index is 5.30. The van der Waals surface area contributed by atoms with E-state index in [9.17, 15) is 0 Å². The molecule has 0 atom stereocenters. The molecule has 0 saturated carbocycles. The Morgan fingerprint density at radius 2 is 1.16 bits per heavy atom. The van der Waals surface area contributed by atoms with Gasteiger partial charge in [0.05, 0.1) is 13.2 Å². The summed E-state index contributed by atoms with van der Waals surface area (Å²) in [6, 6.07) is 0. The number of aliphatic hydroxyl groups is 1. The molecule has 186 valence electrons. The third-order valence-electron chi connectivity index (χ3n) is 6.68. The van der Waals surface area contributed by atoms with Crippen LogP contribution >= 0.6 is 0 Å². The number of aliphatic hydroxyl groups excluding tert-OH is 1. The van der Waals surface area contributed by atoms with Crippen LogP contribution in [0.5, 0.6) is 0 Å². The summed E-state index contributed by atoms with van der Waals surface area (Å²) in [7, 11) is -1.86. The van der Waals surface area contributed by atoms with Crippen LogP contribution in [0, 0.1) is 0 Å². The highest BCUT2D eigenvalue weighted by Crippen LogP contribution is 2.42. The highest BCUT2D eigenvalue weighted by Gasteiger charge is 2.44. The van der Waals surface area contributed by atoms with Crippen molar-refractivity contribution in [1.29, 1.82) is 0 Å². The van der Waals surface area contributed by atoms with Crippen molar-refractivity contribution in [2.24, 2.45) is 0 Å². The quantitative estimate of drug-likeness (QED) is 0.183. The van der Waals surface area contributed by atoms with E-state index < -0.39 is 8.32 Å². The lowest BCUT2D eigenvalue weighted by molar-refractivity contribution is 0.303. The Labute approximate surface area is 202 Å². The van der Waals surface area contributed by atoms with Crippen molar-refractivity contribution in [1.82, 2.24) is 0 Å². The molecule has 3 heteroatoms. The molecule has 0 aromatic carbocycles. The predicted molar refractivity (Wildman–Crippen MR) is 147 cm³/mol. The fourth-order valence-electron chi connectivity index (χ4n) is 4.91. The number of hydrogen-bond acceptors (Lipinski definition) is 2. The van der Waals surface area contributed by atoms with E-state index in [1.165, 1.54) is 22.3 Å². The summed E-state index contributed by atoms with van der Waals surface area (Å²) in [4.78, 5) is 0. The molecule has 0 bridgehead atoms. The predicted octanol–water partition coefficient (Wildman–Crippen LogP) is 9.30. The summed E-state index contributed by atoms with van der Waals surface area (Å²) >= 11 is 0. The summed E-state index contributed by atoms with van der Waals surface area (Å²) in [6.07, 6.45) is 15.5. The summed E-state index contributed by atoms with van der Waals surface area (Å²) in [5.74, 6) is 0. The van der Waals surface area contributed by atoms with Gasteiger partial charge >= 0.3 is 0 Å². The molecule has 0 aliphatic rings. The van der Waals surface area contributed by atoms with E-state index in [4.69, 9.17) is 9.53 Å². The first-order valence-corrected chi connectivity index (χ1v) is 15.0. The molecule has 0 heterocycles. The maximum Gasteiger partial charge on any atom is 0.200 e. The molecule has 0 radical (unpaired) electrons. The maximum absolute atomic E-state index is 9.12. The fraction of sp³-hybridized carbons (Fsp3) is 0.724. The zero-order valence-corrected chi connectivity index (χ0v) is 24.1. The van der Waals surface area contributed by atoms with Crippen LogP contribution in [0.3, 0.4) is 0 Å². The van der Waals surface area contributed by atoms with E-state index in [-0.39, 0.29) is 6.61 Å². The molecule has 0 aromatic heterocycles. The van der Waals surface area contributed by atoms with Crippen LogP contribution in [0.2, 0.25) is 16.6 Å². The minimum Gasteiger partial charge on any atom is -0.412 e. The van der Waals surface area contributed by atoms with Gasteiger partial charge in [-0.05, 0) is 88.4 Å². The fourth-order valence-corrected chi connectivity index (χ4v) is 10.3. The largest absolute Gasteiger partial charge is 0.412 e. The molecule has 0 amide bonds. The number of rotatable bonds is 16. The smallest absolute Gasteiger partial charge is 0.200 e. The molecule has 32 heavy (non-hydrogen) atoms. The average molecular weight is 463 g/mol. The van der Waals surface area contributed by atoms with Crippen LogP contribution in [0.4, 0.5) is 0 Å². The van der Waals surface area contributed by atoms with E-state index in [1.54, 1.807) is 0 Å². The van der Waals surface area contributed by atoms with Gasteiger partial charge in [-0.25, -0.2) is 0 Å². The van der Waals surface area contributed by atoms with Gasteiger partial charge in [0.25, 0.3) is 0 Å². The highest BCUT2D eigenvalue weighted by atomic mass is 28.4. The van der Waals surface area contributed by atoms with E-state index in [1.807, 2.05) is 6.08 Å².